The largest absolute Gasteiger partial charge is 0.497 e. The van der Waals surface area contributed by atoms with Gasteiger partial charge in [-0.2, -0.15) is 0 Å². The minimum Gasteiger partial charge on any atom is -0.497 e. The number of rotatable bonds is 3. The van der Waals surface area contributed by atoms with Crippen molar-refractivity contribution >= 4 is 5.91 Å². The van der Waals surface area contributed by atoms with Crippen molar-refractivity contribution in [2.45, 2.75) is 25.4 Å². The van der Waals surface area contributed by atoms with Crippen LogP contribution in [0.4, 0.5) is 0 Å². The lowest BCUT2D eigenvalue weighted by molar-refractivity contribution is -0.00210. The minimum absolute atomic E-state index is 0.0868. The van der Waals surface area contributed by atoms with E-state index in [1.807, 2.05) is 0 Å². The van der Waals surface area contributed by atoms with Gasteiger partial charge in [0.1, 0.15) is 11.5 Å². The van der Waals surface area contributed by atoms with Gasteiger partial charge in [0.15, 0.2) is 0 Å². The monoisotopic (exact) mass is 279 g/mol. The smallest absolute Gasteiger partial charge is 0.257 e. The molecule has 5 nitrogen and oxygen atoms in total. The second-order valence-electron chi connectivity index (χ2n) is 5.36. The Hall–Kier alpha value is -1.75. The van der Waals surface area contributed by atoms with Gasteiger partial charge in [-0.05, 0) is 38.0 Å². The van der Waals surface area contributed by atoms with Crippen molar-refractivity contribution in [3.05, 3.63) is 23.8 Å². The summed E-state index contributed by atoms with van der Waals surface area (Å²) in [7, 11) is 3.10. The zero-order valence-corrected chi connectivity index (χ0v) is 12.2. The van der Waals surface area contributed by atoms with Crippen molar-refractivity contribution in [2.75, 3.05) is 27.3 Å². The number of benzene rings is 1. The summed E-state index contributed by atoms with van der Waals surface area (Å²) in [6.45, 7) is 2.90. The van der Waals surface area contributed by atoms with E-state index < -0.39 is 5.60 Å². The van der Waals surface area contributed by atoms with E-state index in [2.05, 4.69) is 0 Å². The van der Waals surface area contributed by atoms with Crippen molar-refractivity contribution in [3.63, 3.8) is 0 Å². The van der Waals surface area contributed by atoms with Gasteiger partial charge < -0.3 is 19.5 Å². The molecule has 1 aliphatic rings. The molecule has 20 heavy (non-hydrogen) atoms. The van der Waals surface area contributed by atoms with Gasteiger partial charge in [-0.1, -0.05) is 0 Å². The predicted octanol–water partition coefficient (Wildman–Crippen LogP) is 1.69. The van der Waals surface area contributed by atoms with Crippen LogP contribution in [0.3, 0.4) is 0 Å². The third kappa shape index (κ3) is 3.04. The normalized spacial score (nSPS) is 17.7. The van der Waals surface area contributed by atoms with Crippen LogP contribution in [0.2, 0.25) is 0 Å². The first-order valence-corrected chi connectivity index (χ1v) is 6.70. The molecule has 5 heteroatoms. The lowest BCUT2D eigenvalue weighted by Crippen LogP contribution is -2.45. The first-order chi connectivity index (χ1) is 9.46. The van der Waals surface area contributed by atoms with Crippen LogP contribution in [-0.4, -0.2) is 48.8 Å². The highest BCUT2D eigenvalue weighted by atomic mass is 16.5. The Labute approximate surface area is 119 Å². The Kier molecular flexibility index (Phi) is 4.18. The molecule has 0 saturated carbocycles. The molecule has 1 N–H and O–H groups in total. The average molecular weight is 279 g/mol. The number of hydrogen-bond donors (Lipinski definition) is 1. The van der Waals surface area contributed by atoms with E-state index in [0.717, 1.165) is 0 Å². The highest BCUT2D eigenvalue weighted by Crippen LogP contribution is 2.28. The van der Waals surface area contributed by atoms with Crippen LogP contribution in [0.15, 0.2) is 18.2 Å². The molecule has 0 radical (unpaired) electrons. The molecule has 110 valence electrons. The second-order valence-corrected chi connectivity index (χ2v) is 5.36. The van der Waals surface area contributed by atoms with E-state index in [9.17, 15) is 9.90 Å². The van der Waals surface area contributed by atoms with E-state index in [-0.39, 0.29) is 5.91 Å². The number of piperidine rings is 1. The third-order valence-electron chi connectivity index (χ3n) is 3.76. The molecule has 1 fully saturated rings. The molecule has 1 aromatic carbocycles. The Morgan fingerprint density at radius 3 is 2.45 bits per heavy atom. The fraction of sp³-hybridized carbons (Fsp3) is 0.533. The predicted molar refractivity (Wildman–Crippen MR) is 75.3 cm³/mol. The second kappa shape index (κ2) is 5.71. The summed E-state index contributed by atoms with van der Waals surface area (Å²) < 4.78 is 10.4. The first-order valence-electron chi connectivity index (χ1n) is 6.70. The summed E-state index contributed by atoms with van der Waals surface area (Å²) in [6.07, 6.45) is 1.18. The lowest BCUT2D eigenvalue weighted by atomic mass is 9.93. The van der Waals surface area contributed by atoms with Crippen LogP contribution >= 0.6 is 0 Å². The topological polar surface area (TPSA) is 59.0 Å². The molecule has 0 bridgehead atoms. The summed E-state index contributed by atoms with van der Waals surface area (Å²) in [5, 5.41) is 9.94. The molecule has 1 heterocycles. The van der Waals surface area contributed by atoms with E-state index in [4.69, 9.17) is 9.47 Å². The molecule has 1 aromatic rings. The number of ether oxygens (including phenoxy) is 2. The van der Waals surface area contributed by atoms with Crippen LogP contribution in [0, 0.1) is 0 Å². The average Bonchev–Trinajstić information content (AvgIpc) is 2.45. The zero-order chi connectivity index (χ0) is 14.8. The summed E-state index contributed by atoms with van der Waals surface area (Å²) in [5.74, 6) is 1.07. The summed E-state index contributed by atoms with van der Waals surface area (Å²) in [4.78, 5) is 14.3. The van der Waals surface area contributed by atoms with Crippen LogP contribution in [0.1, 0.15) is 30.1 Å². The van der Waals surface area contributed by atoms with E-state index in [1.165, 1.54) is 0 Å². The number of hydrogen-bond acceptors (Lipinski definition) is 4. The molecule has 0 aromatic heterocycles. The van der Waals surface area contributed by atoms with Gasteiger partial charge in [0.05, 0.1) is 25.4 Å². The molecule has 1 amide bonds. The Morgan fingerprint density at radius 2 is 1.90 bits per heavy atom. The number of carbonyl (C=O) groups is 1. The molecule has 0 spiro atoms. The van der Waals surface area contributed by atoms with Crippen LogP contribution in [0.25, 0.3) is 0 Å². The first kappa shape index (κ1) is 14.7. The van der Waals surface area contributed by atoms with Crippen molar-refractivity contribution in [3.8, 4) is 11.5 Å². The number of aliphatic hydroxyl groups is 1. The standard InChI is InChI=1S/C15H21NO4/c1-15(18)6-8-16(9-7-15)14(17)12-10-11(19-2)4-5-13(12)20-3/h4-5,10,18H,6-9H2,1-3H3. The van der Waals surface area contributed by atoms with Gasteiger partial charge in [0, 0.05) is 13.1 Å². The number of amides is 1. The van der Waals surface area contributed by atoms with Gasteiger partial charge in [-0.3, -0.25) is 4.79 Å². The molecular formula is C15H21NO4. The molecular weight excluding hydrogens is 258 g/mol. The number of methoxy groups -OCH3 is 2. The SMILES string of the molecule is COc1ccc(OC)c(C(=O)N2CCC(C)(O)CC2)c1. The third-order valence-corrected chi connectivity index (χ3v) is 3.76. The van der Waals surface area contributed by atoms with E-state index >= 15 is 0 Å². The van der Waals surface area contributed by atoms with Gasteiger partial charge >= 0.3 is 0 Å². The highest BCUT2D eigenvalue weighted by Gasteiger charge is 2.31. The van der Waals surface area contributed by atoms with Crippen molar-refractivity contribution in [1.82, 2.24) is 4.90 Å². The van der Waals surface area contributed by atoms with Crippen LogP contribution < -0.4 is 9.47 Å². The molecule has 0 unspecified atom stereocenters. The Bertz CT molecular complexity index is 489. The summed E-state index contributed by atoms with van der Waals surface area (Å²) in [5.41, 5.74) is -0.178. The maximum atomic E-state index is 12.6. The van der Waals surface area contributed by atoms with E-state index in [1.54, 1.807) is 44.2 Å². The van der Waals surface area contributed by atoms with Crippen molar-refractivity contribution in [1.29, 1.82) is 0 Å². The Morgan fingerprint density at radius 1 is 1.25 bits per heavy atom. The minimum atomic E-state index is -0.671. The number of likely N-dealkylation sites (tertiary alicyclic amines) is 1. The molecule has 2 rings (SSSR count). The molecule has 0 atom stereocenters. The van der Waals surface area contributed by atoms with Crippen LogP contribution in [-0.2, 0) is 0 Å². The number of nitrogens with zero attached hydrogens (tertiary/aromatic N) is 1. The fourth-order valence-electron chi connectivity index (χ4n) is 2.34. The van der Waals surface area contributed by atoms with Crippen LogP contribution in [0.5, 0.6) is 11.5 Å². The summed E-state index contributed by atoms with van der Waals surface area (Å²) in [6, 6.07) is 5.18. The maximum Gasteiger partial charge on any atom is 0.257 e. The molecule has 1 aliphatic heterocycles. The Balaban J connectivity index is 2.20. The highest BCUT2D eigenvalue weighted by molar-refractivity contribution is 5.97. The zero-order valence-electron chi connectivity index (χ0n) is 12.2. The van der Waals surface area contributed by atoms with Gasteiger partial charge in [-0.25, -0.2) is 0 Å². The van der Waals surface area contributed by atoms with Gasteiger partial charge in [-0.15, -0.1) is 0 Å². The summed E-state index contributed by atoms with van der Waals surface area (Å²) >= 11 is 0. The lowest BCUT2D eigenvalue weighted by Gasteiger charge is -2.36. The maximum absolute atomic E-state index is 12.6. The van der Waals surface area contributed by atoms with Gasteiger partial charge in [0.25, 0.3) is 5.91 Å². The quantitative estimate of drug-likeness (QED) is 0.914. The van der Waals surface area contributed by atoms with Crippen molar-refractivity contribution in [2.24, 2.45) is 0 Å². The fourth-order valence-corrected chi connectivity index (χ4v) is 2.34. The van der Waals surface area contributed by atoms with E-state index in [0.29, 0.717) is 43.0 Å². The molecule has 0 aliphatic carbocycles. The van der Waals surface area contributed by atoms with Gasteiger partial charge in [0.2, 0.25) is 0 Å². The molecule has 1 saturated heterocycles. The van der Waals surface area contributed by atoms with Crippen molar-refractivity contribution < 1.29 is 19.4 Å². The number of carbonyl (C=O) groups excluding carboxylic acids is 1.